The van der Waals surface area contributed by atoms with Crippen LogP contribution in [0.3, 0.4) is 0 Å². The van der Waals surface area contributed by atoms with Gasteiger partial charge in [-0.05, 0) is 31.2 Å². The highest BCUT2D eigenvalue weighted by molar-refractivity contribution is 14.0. The van der Waals surface area contributed by atoms with E-state index in [9.17, 15) is 0 Å². The van der Waals surface area contributed by atoms with Crippen LogP contribution in [-0.4, -0.2) is 47.0 Å². The van der Waals surface area contributed by atoms with Crippen LogP contribution in [0.1, 0.15) is 12.7 Å². The van der Waals surface area contributed by atoms with Crippen molar-refractivity contribution in [2.45, 2.75) is 13.5 Å². The Hall–Kier alpha value is -2.76. The lowest BCUT2D eigenvalue weighted by atomic mass is 10.3. The van der Waals surface area contributed by atoms with Crippen molar-refractivity contribution in [1.29, 1.82) is 0 Å². The van der Waals surface area contributed by atoms with Crippen molar-refractivity contribution in [1.82, 2.24) is 25.2 Å². The number of nitrogens with one attached hydrogen (secondary N) is 2. The van der Waals surface area contributed by atoms with Gasteiger partial charge in [-0.3, -0.25) is 4.40 Å². The second-order valence-corrected chi connectivity index (χ2v) is 6.03. The van der Waals surface area contributed by atoms with Crippen LogP contribution in [-0.2, 0) is 6.54 Å². The van der Waals surface area contributed by atoms with Gasteiger partial charge < -0.3 is 24.8 Å². The summed E-state index contributed by atoms with van der Waals surface area (Å²) in [6, 6.07) is 11.3. The molecule has 0 amide bonds. The zero-order valence-corrected chi connectivity index (χ0v) is 18.3. The number of benzene rings is 1. The molecule has 9 nitrogen and oxygen atoms in total. The molecule has 4 rings (SSSR count). The summed E-state index contributed by atoms with van der Waals surface area (Å²) in [4.78, 5) is 4.58. The number of halogens is 1. The van der Waals surface area contributed by atoms with Crippen molar-refractivity contribution in [2.24, 2.45) is 4.99 Å². The van der Waals surface area contributed by atoms with Crippen LogP contribution < -0.4 is 24.8 Å². The van der Waals surface area contributed by atoms with Gasteiger partial charge in [0.1, 0.15) is 18.9 Å². The monoisotopic (exact) mass is 510 g/mol. The lowest BCUT2D eigenvalue weighted by Gasteiger charge is -2.12. The van der Waals surface area contributed by atoms with Gasteiger partial charge >= 0.3 is 0 Å². The van der Waals surface area contributed by atoms with Crippen LogP contribution in [0.4, 0.5) is 0 Å². The zero-order chi connectivity index (χ0) is 19.2. The fraction of sp³-hybridized carbons (Fsp3) is 0.316. The number of nitrogens with zero attached hydrogens (tertiary/aromatic N) is 4. The maximum absolute atomic E-state index is 5.76. The van der Waals surface area contributed by atoms with Gasteiger partial charge in [0, 0.05) is 18.8 Å². The van der Waals surface area contributed by atoms with Gasteiger partial charge in [0.25, 0.3) is 0 Å². The van der Waals surface area contributed by atoms with Gasteiger partial charge in [-0.1, -0.05) is 6.07 Å². The first-order valence-corrected chi connectivity index (χ1v) is 9.17. The van der Waals surface area contributed by atoms with Crippen molar-refractivity contribution in [2.75, 3.05) is 26.5 Å². The summed E-state index contributed by atoms with van der Waals surface area (Å²) >= 11 is 0. The minimum atomic E-state index is 0. The Balaban J connectivity index is 0.00000240. The highest BCUT2D eigenvalue weighted by Gasteiger charge is 2.13. The van der Waals surface area contributed by atoms with Gasteiger partial charge in [-0.15, -0.1) is 34.2 Å². The highest BCUT2D eigenvalue weighted by Crippen LogP contribution is 2.34. The Bertz CT molecular complexity index is 977. The average molecular weight is 510 g/mol. The highest BCUT2D eigenvalue weighted by atomic mass is 127. The second kappa shape index (κ2) is 10.1. The molecule has 0 aliphatic carbocycles. The Morgan fingerprint density at radius 2 is 2.07 bits per heavy atom. The summed E-state index contributed by atoms with van der Waals surface area (Å²) in [5, 5.41) is 14.8. The summed E-state index contributed by atoms with van der Waals surface area (Å²) in [5.41, 5.74) is 0.808. The van der Waals surface area contributed by atoms with Gasteiger partial charge in [0.2, 0.25) is 6.79 Å². The van der Waals surface area contributed by atoms with Crippen LogP contribution in [0.25, 0.3) is 5.65 Å². The van der Waals surface area contributed by atoms with E-state index in [2.05, 4.69) is 25.8 Å². The predicted molar refractivity (Wildman–Crippen MR) is 119 cm³/mol. The van der Waals surface area contributed by atoms with E-state index in [1.807, 2.05) is 53.9 Å². The Labute approximate surface area is 185 Å². The lowest BCUT2D eigenvalue weighted by Crippen LogP contribution is -2.39. The standard InChI is InChI=1S/C19H22N6O3.HI/c1-2-20-19(22-12-18-24-23-17-5-3-4-9-25(17)18)21-8-10-26-14-6-7-15-16(11-14)28-13-27-15;/h3-7,9,11H,2,8,10,12-13H2,1H3,(H2,20,21,22);1H. The van der Waals surface area contributed by atoms with E-state index < -0.39 is 0 Å². The molecule has 0 spiro atoms. The third-order valence-corrected chi connectivity index (χ3v) is 4.11. The van der Waals surface area contributed by atoms with E-state index in [4.69, 9.17) is 14.2 Å². The first-order valence-electron chi connectivity index (χ1n) is 9.17. The minimum absolute atomic E-state index is 0. The van der Waals surface area contributed by atoms with Crippen LogP contribution >= 0.6 is 24.0 Å². The number of aliphatic imine (C=N–C) groups is 1. The predicted octanol–water partition coefficient (Wildman–Crippen LogP) is 2.21. The molecule has 0 bridgehead atoms. The Morgan fingerprint density at radius 3 is 2.97 bits per heavy atom. The van der Waals surface area contributed by atoms with Crippen molar-refractivity contribution in [3.05, 3.63) is 48.4 Å². The van der Waals surface area contributed by atoms with Crippen LogP contribution in [0, 0.1) is 0 Å². The molecule has 0 unspecified atom stereocenters. The number of fused-ring (bicyclic) bond motifs is 2. The molecule has 154 valence electrons. The van der Waals surface area contributed by atoms with E-state index in [0.29, 0.717) is 31.4 Å². The van der Waals surface area contributed by atoms with Crippen molar-refractivity contribution >= 4 is 35.6 Å². The van der Waals surface area contributed by atoms with E-state index in [-0.39, 0.29) is 30.8 Å². The Kier molecular flexibility index (Phi) is 7.33. The molecular weight excluding hydrogens is 487 g/mol. The molecular formula is C19H23IN6O3. The molecule has 2 aromatic heterocycles. The second-order valence-electron chi connectivity index (χ2n) is 6.03. The number of rotatable bonds is 7. The number of pyridine rings is 1. The maximum Gasteiger partial charge on any atom is 0.231 e. The summed E-state index contributed by atoms with van der Waals surface area (Å²) < 4.78 is 18.3. The van der Waals surface area contributed by atoms with Gasteiger partial charge in [0.05, 0.1) is 6.54 Å². The lowest BCUT2D eigenvalue weighted by molar-refractivity contribution is 0.173. The minimum Gasteiger partial charge on any atom is -0.492 e. The molecule has 2 N–H and O–H groups in total. The van der Waals surface area contributed by atoms with Crippen molar-refractivity contribution in [3.63, 3.8) is 0 Å². The van der Waals surface area contributed by atoms with E-state index in [1.165, 1.54) is 0 Å². The summed E-state index contributed by atoms with van der Waals surface area (Å²) in [5.74, 6) is 3.67. The van der Waals surface area contributed by atoms with Crippen molar-refractivity contribution < 1.29 is 14.2 Å². The van der Waals surface area contributed by atoms with Crippen molar-refractivity contribution in [3.8, 4) is 17.2 Å². The zero-order valence-electron chi connectivity index (χ0n) is 16.0. The first kappa shape index (κ1) is 21.0. The van der Waals surface area contributed by atoms with E-state index in [0.717, 1.165) is 29.5 Å². The third kappa shape index (κ3) is 5.19. The molecule has 29 heavy (non-hydrogen) atoms. The molecule has 0 atom stereocenters. The number of ether oxygens (including phenoxy) is 3. The normalized spacial score (nSPS) is 12.5. The van der Waals surface area contributed by atoms with Gasteiger partial charge in [0.15, 0.2) is 28.9 Å². The van der Waals surface area contributed by atoms with E-state index >= 15 is 0 Å². The molecule has 0 radical (unpaired) electrons. The molecule has 1 aliphatic heterocycles. The van der Waals surface area contributed by atoms with Gasteiger partial charge in [-0.2, -0.15) is 0 Å². The quantitative estimate of drug-likeness (QED) is 0.218. The summed E-state index contributed by atoms with van der Waals surface area (Å²) in [7, 11) is 0. The summed E-state index contributed by atoms with van der Waals surface area (Å²) in [6.45, 7) is 4.54. The SMILES string of the molecule is CCNC(=NCc1nnc2ccccn12)NCCOc1ccc2c(c1)OCO2.I. The third-order valence-electron chi connectivity index (χ3n) is 4.11. The van der Waals surface area contributed by atoms with E-state index in [1.54, 1.807) is 0 Å². The fourth-order valence-corrected chi connectivity index (χ4v) is 2.80. The number of hydrogen-bond donors (Lipinski definition) is 2. The molecule has 1 aromatic carbocycles. The largest absolute Gasteiger partial charge is 0.492 e. The molecule has 3 aromatic rings. The first-order chi connectivity index (χ1) is 13.8. The molecule has 10 heteroatoms. The molecule has 0 saturated heterocycles. The molecule has 0 fully saturated rings. The number of hydrogen-bond acceptors (Lipinski definition) is 6. The number of guanidine groups is 1. The fourth-order valence-electron chi connectivity index (χ4n) is 2.80. The molecule has 0 saturated carbocycles. The van der Waals surface area contributed by atoms with Crippen LogP contribution in [0.5, 0.6) is 17.2 Å². The number of aromatic nitrogens is 3. The average Bonchev–Trinajstić information content (AvgIpc) is 3.35. The van der Waals surface area contributed by atoms with Crippen LogP contribution in [0.15, 0.2) is 47.6 Å². The topological polar surface area (TPSA) is 94.3 Å². The molecule has 3 heterocycles. The smallest absolute Gasteiger partial charge is 0.231 e. The molecule has 1 aliphatic rings. The maximum atomic E-state index is 5.76. The Morgan fingerprint density at radius 1 is 1.17 bits per heavy atom. The van der Waals surface area contributed by atoms with Crippen LogP contribution in [0.2, 0.25) is 0 Å². The van der Waals surface area contributed by atoms with Gasteiger partial charge in [-0.25, -0.2) is 4.99 Å². The summed E-state index contributed by atoms with van der Waals surface area (Å²) in [6.07, 6.45) is 1.93.